The van der Waals surface area contributed by atoms with Crippen molar-refractivity contribution in [1.29, 1.82) is 0 Å². The fourth-order valence-electron chi connectivity index (χ4n) is 2.06. The van der Waals surface area contributed by atoms with E-state index in [2.05, 4.69) is 22.2 Å². The molecular weight excluding hydrogens is 298 g/mol. The molecule has 1 amide bonds. The van der Waals surface area contributed by atoms with Crippen molar-refractivity contribution in [3.63, 3.8) is 0 Å². The zero-order valence-electron chi connectivity index (χ0n) is 12.8. The minimum Gasteiger partial charge on any atom is -0.325 e. The highest BCUT2D eigenvalue weighted by Gasteiger charge is 2.17. The number of amides is 1. The van der Waals surface area contributed by atoms with Crippen LogP contribution in [0, 0.1) is 6.92 Å². The molecule has 2 N–H and O–H groups in total. The lowest BCUT2D eigenvalue weighted by Crippen LogP contribution is -2.24. The Kier molecular flexibility index (Phi) is 5.38. The number of carbonyl (C=O) groups excluding carboxylic acids is 1. The zero-order chi connectivity index (χ0) is 16.1. The van der Waals surface area contributed by atoms with E-state index in [0.29, 0.717) is 5.16 Å². The summed E-state index contributed by atoms with van der Waals surface area (Å²) in [5.41, 5.74) is 2.79. The van der Waals surface area contributed by atoms with Crippen LogP contribution in [0.15, 0.2) is 40.4 Å². The minimum atomic E-state index is -0.366. The smallest absolute Gasteiger partial charge is 0.251 e. The van der Waals surface area contributed by atoms with Gasteiger partial charge in [-0.1, -0.05) is 36.9 Å². The molecule has 0 saturated carbocycles. The molecule has 1 unspecified atom stereocenters. The molecule has 0 aliphatic carbocycles. The van der Waals surface area contributed by atoms with Gasteiger partial charge in [-0.25, -0.2) is 4.98 Å². The minimum absolute atomic E-state index is 0.111. The summed E-state index contributed by atoms with van der Waals surface area (Å²) in [7, 11) is 0. The first-order valence-corrected chi connectivity index (χ1v) is 8.00. The van der Waals surface area contributed by atoms with Gasteiger partial charge in [-0.2, -0.15) is 0 Å². The Morgan fingerprint density at radius 3 is 2.86 bits per heavy atom. The van der Waals surface area contributed by atoms with Gasteiger partial charge in [0.2, 0.25) is 5.91 Å². The summed E-state index contributed by atoms with van der Waals surface area (Å²) in [5.74, 6) is -0.111. The van der Waals surface area contributed by atoms with Gasteiger partial charge in [-0.15, -0.1) is 0 Å². The van der Waals surface area contributed by atoms with Gasteiger partial charge in [0.05, 0.1) is 5.25 Å². The highest BCUT2D eigenvalue weighted by molar-refractivity contribution is 8.00. The monoisotopic (exact) mass is 317 g/mol. The van der Waals surface area contributed by atoms with Crippen LogP contribution < -0.4 is 10.9 Å². The van der Waals surface area contributed by atoms with Gasteiger partial charge in [0.15, 0.2) is 5.16 Å². The first-order valence-electron chi connectivity index (χ1n) is 7.12. The molecule has 0 radical (unpaired) electrons. The number of aryl methyl sites for hydroxylation is 2. The average molecular weight is 317 g/mol. The zero-order valence-corrected chi connectivity index (χ0v) is 13.7. The number of para-hydroxylation sites is 1. The van der Waals surface area contributed by atoms with Crippen LogP contribution in [0.5, 0.6) is 0 Å². The predicted octanol–water partition coefficient (Wildman–Crippen LogP) is 2.76. The van der Waals surface area contributed by atoms with Crippen molar-refractivity contribution in [1.82, 2.24) is 9.97 Å². The maximum Gasteiger partial charge on any atom is 0.251 e. The first-order chi connectivity index (χ1) is 10.5. The molecule has 0 bridgehead atoms. The van der Waals surface area contributed by atoms with E-state index in [1.54, 1.807) is 6.92 Å². The van der Waals surface area contributed by atoms with Crippen LogP contribution in [0.3, 0.4) is 0 Å². The molecule has 116 valence electrons. The number of hydrogen-bond acceptors (Lipinski definition) is 4. The third kappa shape index (κ3) is 3.98. The van der Waals surface area contributed by atoms with E-state index in [4.69, 9.17) is 0 Å². The van der Waals surface area contributed by atoms with Crippen molar-refractivity contribution in [3.8, 4) is 0 Å². The van der Waals surface area contributed by atoms with E-state index in [1.807, 2.05) is 25.1 Å². The van der Waals surface area contributed by atoms with Crippen LogP contribution >= 0.6 is 11.8 Å². The lowest BCUT2D eigenvalue weighted by Gasteiger charge is -2.15. The molecule has 0 aliphatic heterocycles. The summed E-state index contributed by atoms with van der Waals surface area (Å²) in [6, 6.07) is 7.32. The molecule has 6 heteroatoms. The molecule has 0 aliphatic rings. The van der Waals surface area contributed by atoms with Gasteiger partial charge in [0, 0.05) is 18.0 Å². The summed E-state index contributed by atoms with van der Waals surface area (Å²) in [4.78, 5) is 30.3. The summed E-state index contributed by atoms with van der Waals surface area (Å²) < 4.78 is 0. The number of H-pyrrole nitrogens is 1. The lowest BCUT2D eigenvalue weighted by atomic mass is 10.1. The van der Waals surface area contributed by atoms with E-state index in [-0.39, 0.29) is 16.7 Å². The Balaban J connectivity index is 2.10. The number of carbonyl (C=O) groups is 1. The van der Waals surface area contributed by atoms with E-state index < -0.39 is 0 Å². The normalized spacial score (nSPS) is 12.0. The number of thioether (sulfide) groups is 1. The van der Waals surface area contributed by atoms with Gasteiger partial charge in [0.1, 0.15) is 0 Å². The molecule has 0 spiro atoms. The summed E-state index contributed by atoms with van der Waals surface area (Å²) in [6.07, 6.45) is 2.29. The topological polar surface area (TPSA) is 74.8 Å². The van der Waals surface area contributed by atoms with E-state index in [1.165, 1.54) is 24.0 Å². The molecule has 1 atom stereocenters. The highest BCUT2D eigenvalue weighted by Crippen LogP contribution is 2.24. The molecule has 5 nitrogen and oxygen atoms in total. The second kappa shape index (κ2) is 7.26. The second-order valence-corrected chi connectivity index (χ2v) is 6.28. The third-order valence-corrected chi connectivity index (χ3v) is 4.29. The summed E-state index contributed by atoms with van der Waals surface area (Å²) >= 11 is 1.23. The SMILES string of the molecule is CCc1cccc(C)c1NC(=O)C(C)Sc1nccc(=O)[nH]1. The van der Waals surface area contributed by atoms with E-state index >= 15 is 0 Å². The van der Waals surface area contributed by atoms with Crippen molar-refractivity contribution in [2.75, 3.05) is 5.32 Å². The molecule has 2 aromatic rings. The number of aromatic amines is 1. The fraction of sp³-hybridized carbons (Fsp3) is 0.312. The van der Waals surface area contributed by atoms with Crippen molar-refractivity contribution < 1.29 is 4.79 Å². The molecule has 0 saturated heterocycles. The molecule has 1 heterocycles. The Hall–Kier alpha value is -2.08. The third-order valence-electron chi connectivity index (χ3n) is 3.29. The standard InChI is InChI=1S/C16H19N3O2S/c1-4-12-7-5-6-10(2)14(12)19-15(21)11(3)22-16-17-9-8-13(20)18-16/h5-9,11H,4H2,1-3H3,(H,19,21)(H,17,18,20). The number of hydrogen-bond donors (Lipinski definition) is 2. The maximum atomic E-state index is 12.4. The number of nitrogens with zero attached hydrogens (tertiary/aromatic N) is 1. The van der Waals surface area contributed by atoms with Crippen LogP contribution in [0.25, 0.3) is 0 Å². The van der Waals surface area contributed by atoms with Gasteiger partial charge in [-0.3, -0.25) is 9.59 Å². The van der Waals surface area contributed by atoms with Crippen LogP contribution in [0.2, 0.25) is 0 Å². The van der Waals surface area contributed by atoms with Crippen molar-refractivity contribution in [2.24, 2.45) is 0 Å². The maximum absolute atomic E-state index is 12.4. The molecule has 22 heavy (non-hydrogen) atoms. The van der Waals surface area contributed by atoms with Crippen molar-refractivity contribution >= 4 is 23.4 Å². The summed E-state index contributed by atoms with van der Waals surface area (Å²) in [5, 5.41) is 3.06. The van der Waals surface area contributed by atoms with Crippen LogP contribution in [-0.4, -0.2) is 21.1 Å². The van der Waals surface area contributed by atoms with Gasteiger partial charge < -0.3 is 10.3 Å². The molecule has 1 aromatic heterocycles. The highest BCUT2D eigenvalue weighted by atomic mass is 32.2. The largest absolute Gasteiger partial charge is 0.325 e. The lowest BCUT2D eigenvalue weighted by molar-refractivity contribution is -0.115. The number of rotatable bonds is 5. The number of nitrogens with one attached hydrogen (secondary N) is 2. The van der Waals surface area contributed by atoms with Crippen molar-refractivity contribution in [2.45, 2.75) is 37.6 Å². The fourth-order valence-corrected chi connectivity index (χ4v) is 2.84. The molecular formula is C16H19N3O2S. The Morgan fingerprint density at radius 1 is 1.41 bits per heavy atom. The van der Waals surface area contributed by atoms with Crippen LogP contribution in [0.1, 0.15) is 25.0 Å². The van der Waals surface area contributed by atoms with Gasteiger partial charge >= 0.3 is 0 Å². The van der Waals surface area contributed by atoms with E-state index in [0.717, 1.165) is 23.2 Å². The van der Waals surface area contributed by atoms with Gasteiger partial charge in [0.25, 0.3) is 5.56 Å². The number of benzene rings is 1. The number of aromatic nitrogens is 2. The van der Waals surface area contributed by atoms with Crippen LogP contribution in [0.4, 0.5) is 5.69 Å². The van der Waals surface area contributed by atoms with E-state index in [9.17, 15) is 9.59 Å². The molecule has 0 fully saturated rings. The molecule has 2 rings (SSSR count). The first kappa shape index (κ1) is 16.3. The number of anilines is 1. The predicted molar refractivity (Wildman–Crippen MR) is 89.4 cm³/mol. The second-order valence-electron chi connectivity index (χ2n) is 4.95. The van der Waals surface area contributed by atoms with Crippen LogP contribution in [-0.2, 0) is 11.2 Å². The quantitative estimate of drug-likeness (QED) is 0.657. The average Bonchev–Trinajstić information content (AvgIpc) is 2.49. The Morgan fingerprint density at radius 2 is 2.18 bits per heavy atom. The summed E-state index contributed by atoms with van der Waals surface area (Å²) in [6.45, 7) is 5.82. The Labute approximate surface area is 133 Å². The van der Waals surface area contributed by atoms with Gasteiger partial charge in [-0.05, 0) is 31.4 Å². The van der Waals surface area contributed by atoms with Crippen molar-refractivity contribution in [3.05, 3.63) is 51.9 Å². The Bertz CT molecular complexity index is 727. The molecule has 1 aromatic carbocycles.